The molecule has 3 N–H and O–H groups in total. The van der Waals surface area contributed by atoms with Gasteiger partial charge < -0.3 is 15.7 Å². The molecule has 0 spiro atoms. The molecule has 2 rings (SSSR count). The van der Waals surface area contributed by atoms with Crippen LogP contribution in [-0.2, 0) is 4.79 Å². The smallest absolute Gasteiger partial charge is 0.315 e. The maximum atomic E-state index is 11.6. The second kappa shape index (κ2) is 3.92. The van der Waals surface area contributed by atoms with Crippen LogP contribution in [0.15, 0.2) is 11.3 Å². The van der Waals surface area contributed by atoms with E-state index in [1.807, 2.05) is 0 Å². The SMILES string of the molecule is O=C1NCCC(C2=C(O)CCCC2=O)N1. The number of ketones is 1. The molecule has 0 aromatic heterocycles. The van der Waals surface area contributed by atoms with E-state index in [1.165, 1.54) is 0 Å². The standard InChI is InChI=1S/C10H14N2O3/c13-7-2-1-3-8(14)9(7)6-4-5-11-10(15)12-6/h6,13H,1-5H2,(H2,11,12,15). The zero-order valence-corrected chi connectivity index (χ0v) is 8.38. The first kappa shape index (κ1) is 10.0. The van der Waals surface area contributed by atoms with Crippen LogP contribution < -0.4 is 10.6 Å². The molecule has 1 saturated heterocycles. The predicted molar refractivity (Wildman–Crippen MR) is 53.5 cm³/mol. The quantitative estimate of drug-likeness (QED) is 0.593. The summed E-state index contributed by atoms with van der Waals surface area (Å²) in [7, 11) is 0. The number of carbonyl (C=O) groups excluding carboxylic acids is 2. The van der Waals surface area contributed by atoms with Crippen LogP contribution in [0.25, 0.3) is 0 Å². The number of nitrogens with one attached hydrogen (secondary N) is 2. The monoisotopic (exact) mass is 210 g/mol. The van der Waals surface area contributed by atoms with Crippen molar-refractivity contribution in [3.05, 3.63) is 11.3 Å². The van der Waals surface area contributed by atoms with Crippen LogP contribution in [0.4, 0.5) is 4.79 Å². The van der Waals surface area contributed by atoms with Gasteiger partial charge in [-0.05, 0) is 12.8 Å². The van der Waals surface area contributed by atoms with E-state index in [-0.39, 0.29) is 23.6 Å². The number of Topliss-reactive ketones (excluding diaryl/α,β-unsaturated/α-hetero) is 1. The van der Waals surface area contributed by atoms with Crippen molar-refractivity contribution >= 4 is 11.8 Å². The normalized spacial score (nSPS) is 27.3. The molecule has 1 heterocycles. The summed E-state index contributed by atoms with van der Waals surface area (Å²) in [6, 6.07) is -0.587. The van der Waals surface area contributed by atoms with E-state index in [4.69, 9.17) is 0 Å². The Bertz CT molecular complexity index is 336. The van der Waals surface area contributed by atoms with Crippen molar-refractivity contribution in [1.29, 1.82) is 0 Å². The van der Waals surface area contributed by atoms with Crippen molar-refractivity contribution in [1.82, 2.24) is 10.6 Å². The molecular weight excluding hydrogens is 196 g/mol. The Morgan fingerprint density at radius 2 is 2.07 bits per heavy atom. The van der Waals surface area contributed by atoms with E-state index in [0.29, 0.717) is 37.8 Å². The van der Waals surface area contributed by atoms with Crippen molar-refractivity contribution < 1.29 is 14.7 Å². The minimum atomic E-state index is -0.313. The molecule has 1 aliphatic heterocycles. The summed E-state index contributed by atoms with van der Waals surface area (Å²) in [6.07, 6.45) is 2.37. The average Bonchev–Trinajstić information content (AvgIpc) is 2.17. The predicted octanol–water partition coefficient (Wildman–Crippen LogP) is 0.623. The molecule has 5 heteroatoms. The van der Waals surface area contributed by atoms with Gasteiger partial charge in [0.1, 0.15) is 5.76 Å². The number of carbonyl (C=O) groups is 2. The lowest BCUT2D eigenvalue weighted by Gasteiger charge is -2.28. The Kier molecular flexibility index (Phi) is 2.62. The minimum Gasteiger partial charge on any atom is -0.512 e. The van der Waals surface area contributed by atoms with E-state index >= 15 is 0 Å². The Hall–Kier alpha value is -1.52. The highest BCUT2D eigenvalue weighted by atomic mass is 16.3. The van der Waals surface area contributed by atoms with Gasteiger partial charge in [0.15, 0.2) is 5.78 Å². The van der Waals surface area contributed by atoms with Crippen molar-refractivity contribution in [3.63, 3.8) is 0 Å². The summed E-state index contributed by atoms with van der Waals surface area (Å²) >= 11 is 0. The molecule has 1 unspecified atom stereocenters. The Morgan fingerprint density at radius 3 is 2.73 bits per heavy atom. The van der Waals surface area contributed by atoms with Gasteiger partial charge in [0.05, 0.1) is 11.6 Å². The fraction of sp³-hybridized carbons (Fsp3) is 0.600. The molecule has 15 heavy (non-hydrogen) atoms. The van der Waals surface area contributed by atoms with Crippen molar-refractivity contribution in [2.24, 2.45) is 0 Å². The lowest BCUT2D eigenvalue weighted by atomic mass is 9.89. The average molecular weight is 210 g/mol. The molecule has 0 radical (unpaired) electrons. The number of hydrogen-bond donors (Lipinski definition) is 3. The lowest BCUT2D eigenvalue weighted by molar-refractivity contribution is -0.116. The first-order chi connectivity index (χ1) is 7.18. The van der Waals surface area contributed by atoms with E-state index < -0.39 is 0 Å². The number of aliphatic hydroxyl groups excluding tert-OH is 1. The zero-order chi connectivity index (χ0) is 10.8. The molecule has 1 fully saturated rings. The third kappa shape index (κ3) is 1.95. The Labute approximate surface area is 87.5 Å². The van der Waals surface area contributed by atoms with Gasteiger partial charge >= 0.3 is 6.03 Å². The second-order valence-electron chi connectivity index (χ2n) is 3.88. The van der Waals surface area contributed by atoms with E-state index in [2.05, 4.69) is 10.6 Å². The number of hydrogen-bond acceptors (Lipinski definition) is 3. The van der Waals surface area contributed by atoms with Gasteiger partial charge in [-0.15, -0.1) is 0 Å². The lowest BCUT2D eigenvalue weighted by Crippen LogP contribution is -2.51. The Morgan fingerprint density at radius 1 is 1.27 bits per heavy atom. The highest BCUT2D eigenvalue weighted by Gasteiger charge is 2.30. The molecule has 0 aromatic carbocycles. The highest BCUT2D eigenvalue weighted by Crippen LogP contribution is 2.24. The summed E-state index contributed by atoms with van der Waals surface area (Å²) < 4.78 is 0. The molecule has 1 atom stereocenters. The number of aliphatic hydroxyl groups is 1. The van der Waals surface area contributed by atoms with Gasteiger partial charge in [0.2, 0.25) is 0 Å². The zero-order valence-electron chi connectivity index (χ0n) is 8.38. The number of urea groups is 1. The molecule has 0 aromatic rings. The maximum Gasteiger partial charge on any atom is 0.315 e. The summed E-state index contributed by atoms with van der Waals surface area (Å²) in [4.78, 5) is 22.7. The van der Waals surface area contributed by atoms with Crippen molar-refractivity contribution in [3.8, 4) is 0 Å². The van der Waals surface area contributed by atoms with Gasteiger partial charge in [-0.3, -0.25) is 4.79 Å². The number of allylic oxidation sites excluding steroid dienone is 1. The first-order valence-electron chi connectivity index (χ1n) is 5.18. The van der Waals surface area contributed by atoms with E-state index in [0.717, 1.165) is 0 Å². The van der Waals surface area contributed by atoms with Crippen LogP contribution in [0.5, 0.6) is 0 Å². The third-order valence-corrected chi connectivity index (χ3v) is 2.80. The van der Waals surface area contributed by atoms with Crippen LogP contribution in [0.2, 0.25) is 0 Å². The summed E-state index contributed by atoms with van der Waals surface area (Å²) in [6.45, 7) is 0.542. The fourth-order valence-electron chi connectivity index (χ4n) is 2.07. The summed E-state index contributed by atoms with van der Waals surface area (Å²) in [5.41, 5.74) is 0.413. The van der Waals surface area contributed by atoms with Crippen LogP contribution in [0, 0.1) is 0 Å². The summed E-state index contributed by atoms with van der Waals surface area (Å²) in [5, 5.41) is 14.9. The molecular formula is C10H14N2O3. The molecule has 2 aliphatic rings. The molecule has 2 amide bonds. The first-order valence-corrected chi connectivity index (χ1v) is 5.18. The van der Waals surface area contributed by atoms with Gasteiger partial charge in [-0.2, -0.15) is 0 Å². The molecule has 1 aliphatic carbocycles. The van der Waals surface area contributed by atoms with Crippen molar-refractivity contribution in [2.45, 2.75) is 31.7 Å². The number of amides is 2. The van der Waals surface area contributed by atoms with Crippen LogP contribution in [0.3, 0.4) is 0 Å². The maximum absolute atomic E-state index is 11.6. The van der Waals surface area contributed by atoms with Gasteiger partial charge in [-0.1, -0.05) is 0 Å². The molecule has 0 bridgehead atoms. The minimum absolute atomic E-state index is 0.0362. The van der Waals surface area contributed by atoms with Crippen LogP contribution in [-0.4, -0.2) is 29.5 Å². The number of rotatable bonds is 1. The van der Waals surface area contributed by atoms with E-state index in [1.54, 1.807) is 0 Å². The topological polar surface area (TPSA) is 78.4 Å². The molecule has 82 valence electrons. The van der Waals surface area contributed by atoms with Gasteiger partial charge in [-0.25, -0.2) is 4.79 Å². The molecule has 5 nitrogen and oxygen atoms in total. The van der Waals surface area contributed by atoms with Gasteiger partial charge in [0.25, 0.3) is 0 Å². The molecule has 0 saturated carbocycles. The Balaban J connectivity index is 2.20. The largest absolute Gasteiger partial charge is 0.512 e. The second-order valence-corrected chi connectivity index (χ2v) is 3.88. The highest BCUT2D eigenvalue weighted by molar-refractivity contribution is 5.98. The van der Waals surface area contributed by atoms with E-state index in [9.17, 15) is 14.7 Å². The van der Waals surface area contributed by atoms with Crippen LogP contribution >= 0.6 is 0 Å². The van der Waals surface area contributed by atoms with Crippen LogP contribution in [0.1, 0.15) is 25.7 Å². The third-order valence-electron chi connectivity index (χ3n) is 2.80. The fourth-order valence-corrected chi connectivity index (χ4v) is 2.07. The summed E-state index contributed by atoms with van der Waals surface area (Å²) in [5.74, 6) is 0.115. The van der Waals surface area contributed by atoms with Gasteiger partial charge in [0, 0.05) is 19.4 Å². The van der Waals surface area contributed by atoms with Crippen molar-refractivity contribution in [2.75, 3.05) is 6.54 Å².